The molecule has 0 aliphatic rings. The smallest absolute Gasteiger partial charge is 0.326 e. The van der Waals surface area contributed by atoms with Crippen LogP contribution in [0.15, 0.2) is 0 Å². The van der Waals surface area contributed by atoms with Crippen LogP contribution in [0.2, 0.25) is 0 Å². The van der Waals surface area contributed by atoms with Gasteiger partial charge in [0.1, 0.15) is 6.04 Å². The first-order valence-electron chi connectivity index (χ1n) is 5.66. The van der Waals surface area contributed by atoms with E-state index in [2.05, 4.69) is 5.32 Å². The van der Waals surface area contributed by atoms with E-state index >= 15 is 0 Å². The first-order chi connectivity index (χ1) is 7.42. The lowest BCUT2D eigenvalue weighted by Gasteiger charge is -2.21. The van der Waals surface area contributed by atoms with Gasteiger partial charge in [-0.1, -0.05) is 27.7 Å². The summed E-state index contributed by atoms with van der Waals surface area (Å²) < 4.78 is 0. The summed E-state index contributed by atoms with van der Waals surface area (Å²) >= 11 is 0. The highest BCUT2D eigenvalue weighted by atomic mass is 16.4. The fraction of sp³-hybridized carbons (Fsp3) is 0.818. The van der Waals surface area contributed by atoms with Crippen molar-refractivity contribution >= 4 is 11.9 Å². The number of likely N-dealkylation sites (N-methyl/N-ethyl adjacent to an activating group) is 1. The second-order valence-electron chi connectivity index (χ2n) is 4.09. The summed E-state index contributed by atoms with van der Waals surface area (Å²) in [6, 6.07) is -0.803. The minimum atomic E-state index is -0.983. The minimum Gasteiger partial charge on any atom is -0.480 e. The van der Waals surface area contributed by atoms with Gasteiger partial charge in [0, 0.05) is 0 Å². The van der Waals surface area contributed by atoms with Crippen molar-refractivity contribution in [3.63, 3.8) is 0 Å². The lowest BCUT2D eigenvalue weighted by molar-refractivity contribution is -0.143. The van der Waals surface area contributed by atoms with Gasteiger partial charge in [0.05, 0.1) is 6.54 Å². The number of carbonyl (C=O) groups excluding carboxylic acids is 1. The first-order valence-corrected chi connectivity index (χ1v) is 5.66. The third kappa shape index (κ3) is 5.11. The summed E-state index contributed by atoms with van der Waals surface area (Å²) in [5.41, 5.74) is 0. The maximum absolute atomic E-state index is 11.6. The van der Waals surface area contributed by atoms with Crippen molar-refractivity contribution < 1.29 is 14.7 Å². The number of hydrogen-bond donors (Lipinski definition) is 2. The normalized spacial score (nSPS) is 12.9. The molecule has 5 heteroatoms. The fourth-order valence-corrected chi connectivity index (χ4v) is 1.38. The number of aliphatic carboxylic acids is 1. The van der Waals surface area contributed by atoms with Gasteiger partial charge >= 0.3 is 5.97 Å². The molecule has 5 nitrogen and oxygen atoms in total. The molecule has 0 fully saturated rings. The van der Waals surface area contributed by atoms with E-state index in [0.717, 1.165) is 13.1 Å². The van der Waals surface area contributed by atoms with E-state index in [1.165, 1.54) is 0 Å². The molecule has 0 saturated carbocycles. The lowest BCUT2D eigenvalue weighted by atomic mass is 10.0. The summed E-state index contributed by atoms with van der Waals surface area (Å²) in [6.07, 6.45) is 0. The zero-order valence-corrected chi connectivity index (χ0v) is 10.5. The van der Waals surface area contributed by atoms with Gasteiger partial charge in [0.25, 0.3) is 0 Å². The molecule has 94 valence electrons. The molecule has 0 heterocycles. The van der Waals surface area contributed by atoms with Crippen LogP contribution >= 0.6 is 0 Å². The molecule has 0 aromatic heterocycles. The predicted octanol–water partition coefficient (Wildman–Crippen LogP) is 0.554. The van der Waals surface area contributed by atoms with E-state index in [0.29, 0.717) is 0 Å². The topological polar surface area (TPSA) is 69.6 Å². The van der Waals surface area contributed by atoms with E-state index in [4.69, 9.17) is 5.11 Å². The quantitative estimate of drug-likeness (QED) is 0.670. The molecule has 0 aromatic carbocycles. The van der Waals surface area contributed by atoms with Crippen LogP contribution in [0.1, 0.15) is 27.7 Å². The Labute approximate surface area is 96.8 Å². The zero-order valence-electron chi connectivity index (χ0n) is 10.5. The van der Waals surface area contributed by atoms with Crippen molar-refractivity contribution in [2.24, 2.45) is 5.92 Å². The molecule has 0 radical (unpaired) electrons. The van der Waals surface area contributed by atoms with Crippen LogP contribution in [0, 0.1) is 5.92 Å². The van der Waals surface area contributed by atoms with Crippen molar-refractivity contribution in [3.05, 3.63) is 0 Å². The Kier molecular flexibility index (Phi) is 6.72. The van der Waals surface area contributed by atoms with E-state index < -0.39 is 12.0 Å². The SMILES string of the molecule is CCN(CC)CC(=O)N[C@H](C(=O)O)C(C)C. The molecule has 2 N–H and O–H groups in total. The molecule has 0 aliphatic carbocycles. The summed E-state index contributed by atoms with van der Waals surface area (Å²) in [5.74, 6) is -1.33. The van der Waals surface area contributed by atoms with Gasteiger partial charge in [0.15, 0.2) is 0 Å². The Balaban J connectivity index is 4.25. The average molecular weight is 230 g/mol. The van der Waals surface area contributed by atoms with E-state index in [9.17, 15) is 9.59 Å². The van der Waals surface area contributed by atoms with Gasteiger partial charge in [-0.3, -0.25) is 9.69 Å². The van der Waals surface area contributed by atoms with Crippen molar-refractivity contribution in [1.82, 2.24) is 10.2 Å². The maximum Gasteiger partial charge on any atom is 0.326 e. The molecule has 1 atom stereocenters. The second-order valence-corrected chi connectivity index (χ2v) is 4.09. The van der Waals surface area contributed by atoms with Gasteiger partial charge < -0.3 is 10.4 Å². The van der Waals surface area contributed by atoms with Crippen LogP contribution in [0.5, 0.6) is 0 Å². The highest BCUT2D eigenvalue weighted by Gasteiger charge is 2.23. The zero-order chi connectivity index (χ0) is 12.7. The van der Waals surface area contributed by atoms with E-state index in [-0.39, 0.29) is 18.4 Å². The average Bonchev–Trinajstić information content (AvgIpc) is 2.21. The number of hydrogen-bond acceptors (Lipinski definition) is 3. The molecular formula is C11H22N2O3. The Bertz CT molecular complexity index is 237. The van der Waals surface area contributed by atoms with Crippen LogP contribution < -0.4 is 5.32 Å². The minimum absolute atomic E-state index is 0.113. The summed E-state index contributed by atoms with van der Waals surface area (Å²) in [5, 5.41) is 11.4. The molecular weight excluding hydrogens is 208 g/mol. The van der Waals surface area contributed by atoms with Crippen molar-refractivity contribution in [1.29, 1.82) is 0 Å². The highest BCUT2D eigenvalue weighted by molar-refractivity contribution is 5.84. The van der Waals surface area contributed by atoms with Crippen molar-refractivity contribution in [2.75, 3.05) is 19.6 Å². The number of carbonyl (C=O) groups is 2. The van der Waals surface area contributed by atoms with Crippen LogP contribution in [0.3, 0.4) is 0 Å². The first kappa shape index (κ1) is 14.9. The molecule has 0 saturated heterocycles. The molecule has 1 amide bonds. The Morgan fingerprint density at radius 3 is 2.06 bits per heavy atom. The molecule has 0 rings (SSSR count). The fourth-order valence-electron chi connectivity index (χ4n) is 1.38. The summed E-state index contributed by atoms with van der Waals surface area (Å²) in [6.45, 7) is 9.30. The lowest BCUT2D eigenvalue weighted by Crippen LogP contribution is -2.48. The molecule has 0 spiro atoms. The number of amides is 1. The van der Waals surface area contributed by atoms with Crippen LogP contribution in [0.4, 0.5) is 0 Å². The second kappa shape index (κ2) is 7.22. The van der Waals surface area contributed by atoms with Crippen LogP contribution in [-0.2, 0) is 9.59 Å². The number of carboxylic acid groups (broad SMARTS) is 1. The maximum atomic E-state index is 11.6. The molecule has 0 unspecified atom stereocenters. The molecule has 0 bridgehead atoms. The van der Waals surface area contributed by atoms with E-state index in [1.807, 2.05) is 18.7 Å². The summed E-state index contributed by atoms with van der Waals surface area (Å²) in [4.78, 5) is 24.4. The van der Waals surface area contributed by atoms with Gasteiger partial charge in [-0.25, -0.2) is 4.79 Å². The third-order valence-corrected chi connectivity index (χ3v) is 2.51. The summed E-state index contributed by atoms with van der Waals surface area (Å²) in [7, 11) is 0. The standard InChI is InChI=1S/C11H22N2O3/c1-5-13(6-2)7-9(14)12-10(8(3)4)11(15)16/h8,10H,5-7H2,1-4H3,(H,12,14)(H,15,16)/t10-/m0/s1. The Hall–Kier alpha value is -1.10. The van der Waals surface area contributed by atoms with E-state index in [1.54, 1.807) is 13.8 Å². The van der Waals surface area contributed by atoms with Crippen LogP contribution in [0.25, 0.3) is 0 Å². The molecule has 0 aromatic rings. The predicted molar refractivity (Wildman–Crippen MR) is 62.2 cm³/mol. The highest BCUT2D eigenvalue weighted by Crippen LogP contribution is 2.01. The molecule has 16 heavy (non-hydrogen) atoms. The Morgan fingerprint density at radius 2 is 1.75 bits per heavy atom. The van der Waals surface area contributed by atoms with Gasteiger partial charge in [-0.2, -0.15) is 0 Å². The van der Waals surface area contributed by atoms with Gasteiger partial charge in [0.2, 0.25) is 5.91 Å². The Morgan fingerprint density at radius 1 is 1.25 bits per heavy atom. The number of carboxylic acids is 1. The molecule has 0 aliphatic heterocycles. The van der Waals surface area contributed by atoms with Crippen molar-refractivity contribution in [2.45, 2.75) is 33.7 Å². The third-order valence-electron chi connectivity index (χ3n) is 2.51. The van der Waals surface area contributed by atoms with Gasteiger partial charge in [-0.15, -0.1) is 0 Å². The number of nitrogens with zero attached hydrogens (tertiary/aromatic N) is 1. The number of nitrogens with one attached hydrogen (secondary N) is 1. The van der Waals surface area contributed by atoms with Crippen molar-refractivity contribution in [3.8, 4) is 0 Å². The number of rotatable bonds is 7. The van der Waals surface area contributed by atoms with Gasteiger partial charge in [-0.05, 0) is 19.0 Å². The monoisotopic (exact) mass is 230 g/mol. The largest absolute Gasteiger partial charge is 0.480 e. The van der Waals surface area contributed by atoms with Crippen LogP contribution in [-0.4, -0.2) is 47.6 Å².